The summed E-state index contributed by atoms with van der Waals surface area (Å²) in [5.41, 5.74) is 5.94. The van der Waals surface area contributed by atoms with Crippen molar-refractivity contribution < 1.29 is 17.9 Å². The number of guanidine groups is 1. The maximum absolute atomic E-state index is 12.6. The summed E-state index contributed by atoms with van der Waals surface area (Å²) in [4.78, 5) is 4.01. The number of methoxy groups -OCH3 is 1. The number of hydrogen-bond donors (Lipinski definition) is 2. The van der Waals surface area contributed by atoms with Gasteiger partial charge in [-0.15, -0.1) is 24.0 Å². The lowest BCUT2D eigenvalue weighted by atomic mass is 10.1. The molecule has 0 aliphatic rings. The number of halogens is 4. The minimum Gasteiger partial charge on any atom is -0.495 e. The average molecular weight is 475 g/mol. The molecule has 0 spiro atoms. The van der Waals surface area contributed by atoms with Crippen molar-refractivity contribution in [1.29, 1.82) is 0 Å². The third kappa shape index (κ3) is 6.48. The number of nitrogens with one attached hydrogen (secondary N) is 1. The minimum atomic E-state index is -4.39. The van der Waals surface area contributed by atoms with Crippen LogP contribution in [0.4, 0.5) is 18.9 Å². The first-order chi connectivity index (χ1) is 11.9. The Labute approximate surface area is 166 Å². The van der Waals surface area contributed by atoms with Crippen molar-refractivity contribution in [2.75, 3.05) is 19.0 Å². The molecule has 0 aromatic heterocycles. The molecule has 2 rings (SSSR count). The van der Waals surface area contributed by atoms with Crippen LogP contribution in [0, 0.1) is 11.8 Å². The van der Waals surface area contributed by atoms with Gasteiger partial charge in [-0.3, -0.25) is 0 Å². The van der Waals surface area contributed by atoms with Crippen LogP contribution in [-0.4, -0.2) is 19.6 Å². The van der Waals surface area contributed by atoms with E-state index in [-0.39, 0.29) is 42.0 Å². The third-order valence-electron chi connectivity index (χ3n) is 3.12. The molecule has 0 radical (unpaired) electrons. The van der Waals surface area contributed by atoms with E-state index in [9.17, 15) is 13.2 Å². The van der Waals surface area contributed by atoms with Crippen molar-refractivity contribution >= 4 is 35.6 Å². The summed E-state index contributed by atoms with van der Waals surface area (Å²) >= 11 is 0. The summed E-state index contributed by atoms with van der Waals surface area (Å²) in [7, 11) is 1.54. The molecule has 0 atom stereocenters. The zero-order chi connectivity index (χ0) is 18.3. The topological polar surface area (TPSA) is 59.6 Å². The Morgan fingerprint density at radius 3 is 2.62 bits per heavy atom. The van der Waals surface area contributed by atoms with Gasteiger partial charge in [0.25, 0.3) is 0 Å². The van der Waals surface area contributed by atoms with Gasteiger partial charge in [0.15, 0.2) is 5.96 Å². The highest BCUT2D eigenvalue weighted by molar-refractivity contribution is 14.0. The molecule has 138 valence electrons. The Balaban J connectivity index is 0.00000338. The fourth-order valence-corrected chi connectivity index (χ4v) is 1.96. The number of anilines is 1. The Bertz CT molecular complexity index is 826. The van der Waals surface area contributed by atoms with Crippen LogP contribution in [0.3, 0.4) is 0 Å². The molecule has 8 heteroatoms. The standard InChI is InChI=1S/C18H16F3N3O.HI/c1-25-16-10-3-2-9-15(16)24-17(22)23-11-5-7-13-6-4-8-14(12-13)18(19,20)21;/h2-4,6,8-10,12H,11H2,1H3,(H3,22,23,24);1H. The molecule has 0 aliphatic heterocycles. The van der Waals surface area contributed by atoms with Gasteiger partial charge in [-0.2, -0.15) is 13.2 Å². The Hall–Kier alpha value is -2.41. The molecule has 4 nitrogen and oxygen atoms in total. The number of nitrogens with zero attached hydrogens (tertiary/aromatic N) is 1. The van der Waals surface area contributed by atoms with Crippen molar-refractivity contribution in [2.45, 2.75) is 6.18 Å². The van der Waals surface area contributed by atoms with E-state index in [4.69, 9.17) is 10.5 Å². The number of ether oxygens (including phenoxy) is 1. The molecule has 0 amide bonds. The first-order valence-corrected chi connectivity index (χ1v) is 7.26. The molecule has 0 fully saturated rings. The van der Waals surface area contributed by atoms with Crippen molar-refractivity contribution in [2.24, 2.45) is 10.7 Å². The summed E-state index contributed by atoms with van der Waals surface area (Å²) in [6.45, 7) is 0.0459. The van der Waals surface area contributed by atoms with E-state index in [1.54, 1.807) is 12.1 Å². The van der Waals surface area contributed by atoms with Gasteiger partial charge < -0.3 is 15.8 Å². The highest BCUT2D eigenvalue weighted by Gasteiger charge is 2.30. The number of rotatable bonds is 3. The summed E-state index contributed by atoms with van der Waals surface area (Å²) in [6, 6.07) is 12.0. The fourth-order valence-electron chi connectivity index (χ4n) is 1.96. The van der Waals surface area contributed by atoms with Crippen LogP contribution in [0.5, 0.6) is 5.75 Å². The van der Waals surface area contributed by atoms with Crippen LogP contribution >= 0.6 is 24.0 Å². The van der Waals surface area contributed by atoms with Crippen LogP contribution in [0.1, 0.15) is 11.1 Å². The lowest BCUT2D eigenvalue weighted by molar-refractivity contribution is -0.137. The van der Waals surface area contributed by atoms with Gasteiger partial charge in [-0.05, 0) is 30.3 Å². The van der Waals surface area contributed by atoms with E-state index in [1.165, 1.54) is 19.2 Å². The van der Waals surface area contributed by atoms with E-state index in [2.05, 4.69) is 22.2 Å². The molecule has 3 N–H and O–H groups in total. The van der Waals surface area contributed by atoms with Crippen molar-refractivity contribution in [3.63, 3.8) is 0 Å². The number of hydrogen-bond acceptors (Lipinski definition) is 2. The fraction of sp³-hybridized carbons (Fsp3) is 0.167. The zero-order valence-electron chi connectivity index (χ0n) is 13.8. The van der Waals surface area contributed by atoms with Crippen LogP contribution in [0.25, 0.3) is 0 Å². The van der Waals surface area contributed by atoms with E-state index in [1.807, 2.05) is 12.1 Å². The highest BCUT2D eigenvalue weighted by Crippen LogP contribution is 2.29. The number of para-hydroxylation sites is 2. The van der Waals surface area contributed by atoms with Crippen LogP contribution in [0.2, 0.25) is 0 Å². The molecular weight excluding hydrogens is 458 g/mol. The highest BCUT2D eigenvalue weighted by atomic mass is 127. The zero-order valence-corrected chi connectivity index (χ0v) is 16.1. The molecule has 0 heterocycles. The van der Waals surface area contributed by atoms with Gasteiger partial charge in [0.05, 0.1) is 18.4 Å². The quantitative estimate of drug-likeness (QED) is 0.304. The minimum absolute atomic E-state index is 0. The summed E-state index contributed by atoms with van der Waals surface area (Å²) in [5, 5.41) is 2.88. The Kier molecular flexibility index (Phi) is 8.25. The van der Waals surface area contributed by atoms with Crippen molar-refractivity contribution in [3.05, 3.63) is 59.7 Å². The molecule has 0 bridgehead atoms. The second kappa shape index (κ2) is 9.91. The second-order valence-electron chi connectivity index (χ2n) is 4.91. The second-order valence-corrected chi connectivity index (χ2v) is 4.91. The average Bonchev–Trinajstić information content (AvgIpc) is 2.59. The Morgan fingerprint density at radius 1 is 1.19 bits per heavy atom. The number of nitrogens with two attached hydrogens (primary N) is 1. The number of alkyl halides is 3. The van der Waals surface area contributed by atoms with E-state index in [0.717, 1.165) is 12.1 Å². The van der Waals surface area contributed by atoms with Gasteiger partial charge in [-0.1, -0.05) is 30.0 Å². The molecule has 0 aliphatic carbocycles. The van der Waals surface area contributed by atoms with Crippen LogP contribution in [-0.2, 0) is 6.18 Å². The van der Waals surface area contributed by atoms with Crippen LogP contribution in [0.15, 0.2) is 53.5 Å². The van der Waals surface area contributed by atoms with Gasteiger partial charge in [0.1, 0.15) is 12.3 Å². The SMILES string of the molecule is COc1ccccc1NC(N)=NCC#Cc1cccc(C(F)(F)F)c1.I. The molecule has 0 saturated heterocycles. The lowest BCUT2D eigenvalue weighted by Gasteiger charge is -2.09. The molecule has 2 aromatic rings. The van der Waals surface area contributed by atoms with Gasteiger partial charge in [-0.25, -0.2) is 4.99 Å². The largest absolute Gasteiger partial charge is 0.495 e. The third-order valence-corrected chi connectivity index (χ3v) is 3.12. The number of aliphatic imine (C=N–C) groups is 1. The van der Waals surface area contributed by atoms with Gasteiger partial charge in [0, 0.05) is 5.56 Å². The lowest BCUT2D eigenvalue weighted by Crippen LogP contribution is -2.23. The summed E-state index contributed by atoms with van der Waals surface area (Å²) in [5.74, 6) is 6.04. The van der Waals surface area contributed by atoms with Gasteiger partial charge in [0.2, 0.25) is 0 Å². The van der Waals surface area contributed by atoms with Gasteiger partial charge >= 0.3 is 6.18 Å². The normalized spacial score (nSPS) is 11.0. The van der Waals surface area contributed by atoms with E-state index < -0.39 is 11.7 Å². The Morgan fingerprint density at radius 2 is 1.92 bits per heavy atom. The molecule has 0 unspecified atom stereocenters. The molecule has 2 aromatic carbocycles. The molecule has 26 heavy (non-hydrogen) atoms. The summed E-state index contributed by atoms with van der Waals surface area (Å²) < 4.78 is 43.1. The molecular formula is C18H17F3IN3O. The monoisotopic (exact) mass is 475 g/mol. The first kappa shape index (κ1) is 21.6. The number of benzene rings is 2. The van der Waals surface area contributed by atoms with Crippen molar-refractivity contribution in [3.8, 4) is 17.6 Å². The maximum Gasteiger partial charge on any atom is 0.416 e. The maximum atomic E-state index is 12.6. The van der Waals surface area contributed by atoms with E-state index in [0.29, 0.717) is 11.4 Å². The predicted octanol–water partition coefficient (Wildman–Crippen LogP) is 4.11. The summed E-state index contributed by atoms with van der Waals surface area (Å²) in [6.07, 6.45) is -4.39. The molecule has 0 saturated carbocycles. The van der Waals surface area contributed by atoms with E-state index >= 15 is 0 Å². The van der Waals surface area contributed by atoms with Crippen molar-refractivity contribution in [1.82, 2.24) is 0 Å². The smallest absolute Gasteiger partial charge is 0.416 e. The first-order valence-electron chi connectivity index (χ1n) is 7.26. The van der Waals surface area contributed by atoms with Crippen LogP contribution < -0.4 is 15.8 Å². The predicted molar refractivity (Wildman–Crippen MR) is 107 cm³/mol.